The van der Waals surface area contributed by atoms with Crippen LogP contribution >= 0.6 is 0 Å². The van der Waals surface area contributed by atoms with Gasteiger partial charge in [0, 0.05) is 12.1 Å². The van der Waals surface area contributed by atoms with E-state index in [1.807, 2.05) is 0 Å². The van der Waals surface area contributed by atoms with Crippen molar-refractivity contribution in [2.45, 2.75) is 51.6 Å². The SMILES string of the molecule is CC1(C)CCC(CO)(NCc2cccc(Cc3ccccc3)c2)C1. The number of rotatable bonds is 6. The lowest BCUT2D eigenvalue weighted by molar-refractivity contribution is 0.151. The maximum Gasteiger partial charge on any atom is 0.0613 e. The molecule has 1 unspecified atom stereocenters. The summed E-state index contributed by atoms with van der Waals surface area (Å²) in [7, 11) is 0. The molecule has 2 N–H and O–H groups in total. The summed E-state index contributed by atoms with van der Waals surface area (Å²) in [6.45, 7) is 5.64. The molecule has 2 nitrogen and oxygen atoms in total. The van der Waals surface area contributed by atoms with Gasteiger partial charge in [0.1, 0.15) is 0 Å². The fourth-order valence-electron chi connectivity index (χ4n) is 3.98. The molecule has 2 aromatic rings. The van der Waals surface area contributed by atoms with Crippen LogP contribution in [0, 0.1) is 5.41 Å². The van der Waals surface area contributed by atoms with Crippen molar-refractivity contribution in [1.29, 1.82) is 0 Å². The van der Waals surface area contributed by atoms with Crippen LogP contribution in [0.25, 0.3) is 0 Å². The largest absolute Gasteiger partial charge is 0.394 e. The predicted molar refractivity (Wildman–Crippen MR) is 100.0 cm³/mol. The van der Waals surface area contributed by atoms with Crippen LogP contribution in [0.15, 0.2) is 54.6 Å². The summed E-state index contributed by atoms with van der Waals surface area (Å²) in [5.74, 6) is 0. The van der Waals surface area contributed by atoms with Crippen molar-refractivity contribution >= 4 is 0 Å². The topological polar surface area (TPSA) is 32.3 Å². The molecule has 1 atom stereocenters. The standard InChI is InChI=1S/C22H29NO/c1-21(2)11-12-22(16-21,17-24)23-15-20-10-6-9-19(14-20)13-18-7-4-3-5-8-18/h3-10,14,23-24H,11-13,15-17H2,1-2H3. The maximum absolute atomic E-state index is 9.91. The highest BCUT2D eigenvalue weighted by atomic mass is 16.3. The van der Waals surface area contributed by atoms with Crippen LogP contribution < -0.4 is 5.32 Å². The lowest BCUT2D eigenvalue weighted by atomic mass is 9.88. The first kappa shape index (κ1) is 17.2. The third-order valence-corrected chi connectivity index (χ3v) is 5.31. The highest BCUT2D eigenvalue weighted by Gasteiger charge is 2.42. The Kier molecular flexibility index (Phi) is 5.07. The minimum absolute atomic E-state index is 0.112. The van der Waals surface area contributed by atoms with E-state index in [1.54, 1.807) is 0 Å². The van der Waals surface area contributed by atoms with Gasteiger partial charge in [-0.3, -0.25) is 0 Å². The van der Waals surface area contributed by atoms with Gasteiger partial charge in [0.15, 0.2) is 0 Å². The van der Waals surface area contributed by atoms with Crippen LogP contribution in [0.4, 0.5) is 0 Å². The number of aliphatic hydroxyl groups excluding tert-OH is 1. The molecule has 128 valence electrons. The van der Waals surface area contributed by atoms with Gasteiger partial charge in [-0.1, -0.05) is 68.4 Å². The Morgan fingerprint density at radius 3 is 2.29 bits per heavy atom. The second-order valence-corrected chi connectivity index (χ2v) is 8.12. The summed E-state index contributed by atoms with van der Waals surface area (Å²) in [4.78, 5) is 0. The summed E-state index contributed by atoms with van der Waals surface area (Å²) < 4.78 is 0. The van der Waals surface area contributed by atoms with Gasteiger partial charge in [0.25, 0.3) is 0 Å². The highest BCUT2D eigenvalue weighted by Crippen LogP contribution is 2.43. The number of hydrogen-bond donors (Lipinski definition) is 2. The van der Waals surface area contributed by atoms with Gasteiger partial charge in [-0.05, 0) is 47.8 Å². The fraction of sp³-hybridized carbons (Fsp3) is 0.455. The van der Waals surface area contributed by atoms with E-state index in [0.717, 1.165) is 25.8 Å². The smallest absolute Gasteiger partial charge is 0.0613 e. The monoisotopic (exact) mass is 323 g/mol. The van der Waals surface area contributed by atoms with E-state index in [9.17, 15) is 5.11 Å². The minimum Gasteiger partial charge on any atom is -0.394 e. The Hall–Kier alpha value is -1.64. The summed E-state index contributed by atoms with van der Waals surface area (Å²) in [6, 6.07) is 19.4. The molecule has 1 aliphatic carbocycles. The number of benzene rings is 2. The fourth-order valence-corrected chi connectivity index (χ4v) is 3.98. The summed E-state index contributed by atoms with van der Waals surface area (Å²) >= 11 is 0. The van der Waals surface area contributed by atoms with Crippen LogP contribution in [0.2, 0.25) is 0 Å². The van der Waals surface area contributed by atoms with Gasteiger partial charge >= 0.3 is 0 Å². The first-order valence-corrected chi connectivity index (χ1v) is 8.98. The third-order valence-electron chi connectivity index (χ3n) is 5.31. The molecule has 0 bridgehead atoms. The lowest BCUT2D eigenvalue weighted by Crippen LogP contribution is -2.46. The normalized spacial score (nSPS) is 22.6. The molecule has 2 aromatic carbocycles. The molecule has 0 saturated heterocycles. The average molecular weight is 323 g/mol. The van der Waals surface area contributed by atoms with Gasteiger partial charge in [0.2, 0.25) is 0 Å². The van der Waals surface area contributed by atoms with Crippen LogP contribution in [0.3, 0.4) is 0 Å². The van der Waals surface area contributed by atoms with E-state index >= 15 is 0 Å². The van der Waals surface area contributed by atoms with Crippen LogP contribution in [-0.4, -0.2) is 17.3 Å². The van der Waals surface area contributed by atoms with E-state index < -0.39 is 0 Å². The average Bonchev–Trinajstić information content (AvgIpc) is 2.90. The maximum atomic E-state index is 9.91. The molecule has 0 spiro atoms. The molecule has 1 aliphatic rings. The molecule has 0 amide bonds. The molecule has 0 heterocycles. The highest BCUT2D eigenvalue weighted by molar-refractivity contribution is 5.29. The second-order valence-electron chi connectivity index (χ2n) is 8.12. The van der Waals surface area contributed by atoms with E-state index in [-0.39, 0.29) is 12.1 Å². The number of nitrogens with one attached hydrogen (secondary N) is 1. The zero-order valence-corrected chi connectivity index (χ0v) is 14.9. The molecule has 1 fully saturated rings. The van der Waals surface area contributed by atoms with Crippen molar-refractivity contribution in [3.8, 4) is 0 Å². The van der Waals surface area contributed by atoms with Gasteiger partial charge in [-0.15, -0.1) is 0 Å². The predicted octanol–water partition coefficient (Wildman–Crippen LogP) is 4.31. The molecule has 3 rings (SSSR count). The van der Waals surface area contributed by atoms with E-state index in [4.69, 9.17) is 0 Å². The molecule has 0 aliphatic heterocycles. The number of aliphatic hydroxyl groups is 1. The summed E-state index contributed by atoms with van der Waals surface area (Å²) in [5, 5.41) is 13.6. The Morgan fingerprint density at radius 1 is 0.917 bits per heavy atom. The third kappa shape index (κ3) is 4.25. The molecule has 0 aromatic heterocycles. The van der Waals surface area contributed by atoms with Crippen molar-refractivity contribution in [3.05, 3.63) is 71.3 Å². The van der Waals surface area contributed by atoms with Crippen LogP contribution in [-0.2, 0) is 13.0 Å². The van der Waals surface area contributed by atoms with Crippen molar-refractivity contribution < 1.29 is 5.11 Å². The van der Waals surface area contributed by atoms with Crippen LogP contribution in [0.1, 0.15) is 49.8 Å². The van der Waals surface area contributed by atoms with E-state index in [2.05, 4.69) is 73.8 Å². The van der Waals surface area contributed by atoms with Crippen molar-refractivity contribution in [2.24, 2.45) is 5.41 Å². The first-order chi connectivity index (χ1) is 11.5. The Morgan fingerprint density at radius 2 is 1.62 bits per heavy atom. The summed E-state index contributed by atoms with van der Waals surface area (Å²) in [6.07, 6.45) is 4.24. The zero-order chi connectivity index (χ0) is 17.0. The Labute approximate surface area is 145 Å². The molecule has 0 radical (unpaired) electrons. The molecule has 1 saturated carbocycles. The van der Waals surface area contributed by atoms with Crippen LogP contribution in [0.5, 0.6) is 0 Å². The van der Waals surface area contributed by atoms with Crippen molar-refractivity contribution in [3.63, 3.8) is 0 Å². The molecular formula is C22H29NO. The molecular weight excluding hydrogens is 294 g/mol. The quantitative estimate of drug-likeness (QED) is 0.830. The van der Waals surface area contributed by atoms with Crippen molar-refractivity contribution in [1.82, 2.24) is 5.32 Å². The van der Waals surface area contributed by atoms with Gasteiger partial charge in [0.05, 0.1) is 6.61 Å². The van der Waals surface area contributed by atoms with E-state index in [1.165, 1.54) is 23.1 Å². The van der Waals surface area contributed by atoms with E-state index in [0.29, 0.717) is 5.41 Å². The molecule has 2 heteroatoms. The number of hydrogen-bond acceptors (Lipinski definition) is 2. The zero-order valence-electron chi connectivity index (χ0n) is 14.9. The second kappa shape index (κ2) is 7.08. The Balaban J connectivity index is 1.64. The minimum atomic E-state index is -0.112. The first-order valence-electron chi connectivity index (χ1n) is 8.98. The summed E-state index contributed by atoms with van der Waals surface area (Å²) in [5.41, 5.74) is 4.18. The van der Waals surface area contributed by atoms with Gasteiger partial charge in [-0.2, -0.15) is 0 Å². The van der Waals surface area contributed by atoms with Gasteiger partial charge < -0.3 is 10.4 Å². The Bertz CT molecular complexity index is 665. The lowest BCUT2D eigenvalue weighted by Gasteiger charge is -2.30. The van der Waals surface area contributed by atoms with Crippen molar-refractivity contribution in [2.75, 3.05) is 6.61 Å². The van der Waals surface area contributed by atoms with Gasteiger partial charge in [-0.25, -0.2) is 0 Å². The molecule has 24 heavy (non-hydrogen) atoms.